The minimum atomic E-state index is -0.546. The Bertz CT molecular complexity index is 253. The maximum Gasteiger partial charge on any atom is 0.228 e. The highest BCUT2D eigenvalue weighted by molar-refractivity contribution is 8.00. The summed E-state index contributed by atoms with van der Waals surface area (Å²) in [7, 11) is 0. The predicted molar refractivity (Wildman–Crippen MR) is 68.6 cm³/mol. The van der Waals surface area contributed by atoms with E-state index in [4.69, 9.17) is 0 Å². The number of rotatable bonds is 3. The monoisotopic (exact) mass is 245 g/mol. The molecule has 1 N–H and O–H groups in total. The SMILES string of the molecule is CC[C@@H](C(=O)N1CCSC(C)(C)C1)[C@@H](C)O. The van der Waals surface area contributed by atoms with Crippen molar-refractivity contribution in [2.24, 2.45) is 5.92 Å². The van der Waals surface area contributed by atoms with E-state index in [0.717, 1.165) is 18.8 Å². The van der Waals surface area contributed by atoms with Gasteiger partial charge in [-0.2, -0.15) is 11.8 Å². The van der Waals surface area contributed by atoms with Crippen molar-refractivity contribution < 1.29 is 9.90 Å². The summed E-state index contributed by atoms with van der Waals surface area (Å²) in [5.41, 5.74) is 0. The van der Waals surface area contributed by atoms with Gasteiger partial charge < -0.3 is 10.0 Å². The molecule has 0 aromatic heterocycles. The van der Waals surface area contributed by atoms with E-state index >= 15 is 0 Å². The van der Waals surface area contributed by atoms with E-state index in [9.17, 15) is 9.90 Å². The van der Waals surface area contributed by atoms with Crippen LogP contribution in [0.3, 0.4) is 0 Å². The molecule has 0 aromatic rings. The number of aliphatic hydroxyl groups is 1. The number of hydrogen-bond acceptors (Lipinski definition) is 3. The van der Waals surface area contributed by atoms with E-state index in [2.05, 4.69) is 13.8 Å². The molecule has 0 aliphatic carbocycles. The molecule has 3 nitrogen and oxygen atoms in total. The Morgan fingerprint density at radius 3 is 2.62 bits per heavy atom. The van der Waals surface area contributed by atoms with E-state index < -0.39 is 6.10 Å². The number of amides is 1. The van der Waals surface area contributed by atoms with Crippen molar-refractivity contribution in [2.45, 2.75) is 45.0 Å². The Balaban J connectivity index is 2.66. The topological polar surface area (TPSA) is 40.5 Å². The maximum atomic E-state index is 12.2. The Morgan fingerprint density at radius 1 is 1.56 bits per heavy atom. The lowest BCUT2D eigenvalue weighted by atomic mass is 9.98. The molecule has 0 unspecified atom stereocenters. The first-order valence-corrected chi connectivity index (χ1v) is 6.97. The van der Waals surface area contributed by atoms with Gasteiger partial charge in [-0.15, -0.1) is 0 Å². The third-order valence-corrected chi connectivity index (χ3v) is 4.37. The Kier molecular flexibility index (Phi) is 4.68. The van der Waals surface area contributed by atoms with E-state index in [1.165, 1.54) is 0 Å². The van der Waals surface area contributed by atoms with Gasteiger partial charge >= 0.3 is 0 Å². The molecule has 1 saturated heterocycles. The van der Waals surface area contributed by atoms with E-state index in [-0.39, 0.29) is 16.6 Å². The van der Waals surface area contributed by atoms with Crippen LogP contribution >= 0.6 is 11.8 Å². The van der Waals surface area contributed by atoms with Crippen LogP contribution in [0.1, 0.15) is 34.1 Å². The molecule has 0 aromatic carbocycles. The number of carbonyl (C=O) groups is 1. The van der Waals surface area contributed by atoms with E-state index in [1.54, 1.807) is 6.92 Å². The first kappa shape index (κ1) is 13.8. The van der Waals surface area contributed by atoms with Gasteiger partial charge in [-0.3, -0.25) is 4.79 Å². The fraction of sp³-hybridized carbons (Fsp3) is 0.917. The Labute approximate surface area is 103 Å². The molecule has 0 spiro atoms. The van der Waals surface area contributed by atoms with Crippen LogP contribution in [0.5, 0.6) is 0 Å². The zero-order valence-corrected chi connectivity index (χ0v) is 11.5. The molecule has 1 heterocycles. The highest BCUT2D eigenvalue weighted by Crippen LogP contribution is 2.30. The molecule has 1 amide bonds. The van der Waals surface area contributed by atoms with E-state index in [0.29, 0.717) is 6.42 Å². The van der Waals surface area contributed by atoms with Gasteiger partial charge in [-0.1, -0.05) is 6.92 Å². The molecule has 94 valence electrons. The summed E-state index contributed by atoms with van der Waals surface area (Å²) in [6.45, 7) is 9.60. The number of aliphatic hydroxyl groups excluding tert-OH is 1. The van der Waals surface area contributed by atoms with Gasteiger partial charge in [0.25, 0.3) is 0 Å². The number of thioether (sulfide) groups is 1. The second kappa shape index (κ2) is 5.41. The summed E-state index contributed by atoms with van der Waals surface area (Å²) in [5.74, 6) is 0.874. The average Bonchev–Trinajstić information content (AvgIpc) is 2.16. The lowest BCUT2D eigenvalue weighted by Gasteiger charge is -2.39. The largest absolute Gasteiger partial charge is 0.393 e. The maximum absolute atomic E-state index is 12.2. The lowest BCUT2D eigenvalue weighted by Crippen LogP contribution is -2.49. The molecule has 4 heteroatoms. The molecule has 0 saturated carbocycles. The first-order chi connectivity index (χ1) is 7.37. The lowest BCUT2D eigenvalue weighted by molar-refractivity contribution is -0.139. The van der Waals surface area contributed by atoms with Crippen LogP contribution in [-0.2, 0) is 4.79 Å². The van der Waals surface area contributed by atoms with Gasteiger partial charge in [0, 0.05) is 23.6 Å². The quantitative estimate of drug-likeness (QED) is 0.823. The molecule has 0 radical (unpaired) electrons. The van der Waals surface area contributed by atoms with Crippen molar-refractivity contribution in [2.75, 3.05) is 18.8 Å². The highest BCUT2D eigenvalue weighted by Gasteiger charge is 2.33. The average molecular weight is 245 g/mol. The standard InChI is InChI=1S/C12H23NO2S/c1-5-10(9(2)14)11(15)13-6-7-16-12(3,4)8-13/h9-10,14H,5-8H2,1-4H3/t9-,10-/m1/s1. The summed E-state index contributed by atoms with van der Waals surface area (Å²) in [6, 6.07) is 0. The summed E-state index contributed by atoms with van der Waals surface area (Å²) in [4.78, 5) is 14.1. The Hall–Kier alpha value is -0.220. The second-order valence-electron chi connectivity index (χ2n) is 5.12. The smallest absolute Gasteiger partial charge is 0.228 e. The van der Waals surface area contributed by atoms with Gasteiger partial charge in [-0.25, -0.2) is 0 Å². The van der Waals surface area contributed by atoms with Crippen molar-refractivity contribution in [3.05, 3.63) is 0 Å². The fourth-order valence-corrected chi connectivity index (χ4v) is 3.27. The molecule has 1 rings (SSSR count). The predicted octanol–water partition coefficient (Wildman–Crippen LogP) is 1.75. The van der Waals surface area contributed by atoms with Crippen LogP contribution in [0.4, 0.5) is 0 Å². The highest BCUT2D eigenvalue weighted by atomic mass is 32.2. The molecule has 1 fully saturated rings. The summed E-state index contributed by atoms with van der Waals surface area (Å²) < 4.78 is 0.144. The third kappa shape index (κ3) is 3.39. The number of nitrogens with zero attached hydrogens (tertiary/aromatic N) is 1. The molecular formula is C12H23NO2S. The summed E-state index contributed by atoms with van der Waals surface area (Å²) in [5, 5.41) is 9.59. The van der Waals surface area contributed by atoms with Gasteiger partial charge in [0.05, 0.1) is 12.0 Å². The number of hydrogen-bond donors (Lipinski definition) is 1. The summed E-state index contributed by atoms with van der Waals surface area (Å²) in [6.07, 6.45) is 0.163. The first-order valence-electron chi connectivity index (χ1n) is 5.98. The van der Waals surface area contributed by atoms with Crippen LogP contribution < -0.4 is 0 Å². The molecule has 0 bridgehead atoms. The van der Waals surface area contributed by atoms with Crippen molar-refractivity contribution >= 4 is 17.7 Å². The van der Waals surface area contributed by atoms with E-state index in [1.807, 2.05) is 23.6 Å². The van der Waals surface area contributed by atoms with Crippen molar-refractivity contribution in [1.29, 1.82) is 0 Å². The fourth-order valence-electron chi connectivity index (χ4n) is 2.16. The van der Waals surface area contributed by atoms with Crippen LogP contribution in [0, 0.1) is 5.92 Å². The molecule has 16 heavy (non-hydrogen) atoms. The van der Waals surface area contributed by atoms with Gasteiger partial charge in [0.1, 0.15) is 0 Å². The van der Waals surface area contributed by atoms with Crippen molar-refractivity contribution in [1.82, 2.24) is 4.90 Å². The second-order valence-corrected chi connectivity index (χ2v) is 6.93. The van der Waals surface area contributed by atoms with Gasteiger partial charge in [-0.05, 0) is 27.2 Å². The molecule has 2 atom stereocenters. The molecule has 1 aliphatic heterocycles. The zero-order chi connectivity index (χ0) is 12.3. The van der Waals surface area contributed by atoms with Crippen molar-refractivity contribution in [3.63, 3.8) is 0 Å². The minimum Gasteiger partial charge on any atom is -0.393 e. The van der Waals surface area contributed by atoms with Crippen LogP contribution in [0.15, 0.2) is 0 Å². The van der Waals surface area contributed by atoms with Crippen LogP contribution in [0.2, 0.25) is 0 Å². The van der Waals surface area contributed by atoms with Crippen LogP contribution in [-0.4, -0.2) is 45.6 Å². The third-order valence-electron chi connectivity index (χ3n) is 3.08. The zero-order valence-electron chi connectivity index (χ0n) is 10.7. The Morgan fingerprint density at radius 2 is 2.19 bits per heavy atom. The van der Waals surface area contributed by atoms with Crippen molar-refractivity contribution in [3.8, 4) is 0 Å². The summed E-state index contributed by atoms with van der Waals surface area (Å²) >= 11 is 1.91. The molecule has 1 aliphatic rings. The minimum absolute atomic E-state index is 0.117. The van der Waals surface area contributed by atoms with Gasteiger partial charge in [0.2, 0.25) is 5.91 Å². The van der Waals surface area contributed by atoms with Gasteiger partial charge in [0.15, 0.2) is 0 Å². The normalized spacial score (nSPS) is 23.9. The number of carbonyl (C=O) groups excluding carboxylic acids is 1. The van der Waals surface area contributed by atoms with Crippen LogP contribution in [0.25, 0.3) is 0 Å². The molecular weight excluding hydrogens is 222 g/mol.